The monoisotopic (exact) mass is 1030 g/mol. The van der Waals surface area contributed by atoms with E-state index in [9.17, 15) is 33.9 Å². The van der Waals surface area contributed by atoms with Crippen molar-refractivity contribution >= 4 is 36.4 Å². The van der Waals surface area contributed by atoms with Gasteiger partial charge in [-0.1, -0.05) is 18.6 Å². The molecule has 0 heterocycles. The van der Waals surface area contributed by atoms with Crippen LogP contribution in [0.1, 0.15) is 112 Å². The number of carbonyl (C=O) groups is 5. The number of alkyl carbamates (subject to hydrolysis) is 2. The van der Waals surface area contributed by atoms with Gasteiger partial charge in [0.2, 0.25) is 11.8 Å². The van der Waals surface area contributed by atoms with E-state index in [0.29, 0.717) is 64.1 Å². The number of carboxylic acid groups (broad SMARTS) is 1. The molecule has 0 spiro atoms. The Morgan fingerprint density at radius 1 is 0.875 bits per heavy atom. The van der Waals surface area contributed by atoms with Gasteiger partial charge in [0.05, 0.1) is 18.1 Å². The molecule has 0 aliphatic heterocycles. The minimum Gasteiger partial charge on any atom is -0.530 e. The molecule has 6 atom stereocenters. The molecule has 0 fully saturated rings. The van der Waals surface area contributed by atoms with Crippen LogP contribution in [0.25, 0.3) is 0 Å². The normalized spacial score (nSPS) is 18.9. The first-order chi connectivity index (χ1) is 26.2. The van der Waals surface area contributed by atoms with E-state index >= 15 is 0 Å². The molecule has 56 heavy (non-hydrogen) atoms. The number of unbranched alkanes of at least 4 members (excludes halogenated alkanes) is 2. The fourth-order valence-corrected chi connectivity index (χ4v) is 5.85. The number of aliphatic carboxylic acids is 1. The standard InChI is InChI=1S/C40H64N5O10.Fm/c1-28-14-8-6-7-9-15-31(28)25-54-38(51)43-21-13-11-17-34(45-39(52)55-26-32-24-29(32)2)36(48)44-33(16-10-12-20-41-27-46)35(47)42-22-18-30(3)53-23-19-40(4,5)37(49)50;/h24,28,30-34H,8-23,25-26H2,1-5H3,(H,41,46)(H,42,47)(H,43,51)(H,44,48)(H,45,52)(H,49,50);/q-1;. The van der Waals surface area contributed by atoms with Crippen LogP contribution >= 0.6 is 0 Å². The van der Waals surface area contributed by atoms with Crippen molar-refractivity contribution in [2.24, 2.45) is 23.2 Å². The van der Waals surface area contributed by atoms with E-state index in [1.54, 1.807) is 20.3 Å². The van der Waals surface area contributed by atoms with Gasteiger partial charge in [-0.25, -0.2) is 9.59 Å². The van der Waals surface area contributed by atoms with Gasteiger partial charge in [-0.3, -0.25) is 14.4 Å². The average molecular weight is 1030 g/mol. The molecule has 5 amide bonds. The number of hydrogen-bond acceptors (Lipinski definition) is 9. The molecule has 0 bridgehead atoms. The number of rotatable bonds is 27. The summed E-state index contributed by atoms with van der Waals surface area (Å²) in [6.07, 6.45) is 8.94. The predicted molar refractivity (Wildman–Crippen MR) is 206 cm³/mol. The van der Waals surface area contributed by atoms with Gasteiger partial charge in [0.25, 0.3) is 0 Å². The summed E-state index contributed by atoms with van der Waals surface area (Å²) < 4.78 is 16.6. The third-order valence-electron chi connectivity index (χ3n) is 10.2. The van der Waals surface area contributed by atoms with Crippen LogP contribution in [0.4, 0.5) is 9.59 Å². The molecule has 6 N–H and O–H groups in total. The maximum atomic E-state index is 13.6. The van der Waals surface area contributed by atoms with Crippen LogP contribution < -0.4 is 26.6 Å². The molecular weight excluding hydrogens is 967 g/mol. The van der Waals surface area contributed by atoms with E-state index in [1.807, 2.05) is 19.9 Å². The van der Waals surface area contributed by atoms with Crippen LogP contribution in [-0.2, 0) is 33.4 Å². The van der Waals surface area contributed by atoms with Crippen LogP contribution in [0, 0.1) is 35.0 Å². The molecule has 0 aromatic rings. The Morgan fingerprint density at radius 2 is 1.50 bits per heavy atom. The number of carboxylic acids is 1. The fraction of sp³-hybridized carbons (Fsp3) is 0.750. The summed E-state index contributed by atoms with van der Waals surface area (Å²) in [6.45, 7) is 10.9. The van der Waals surface area contributed by atoms with Gasteiger partial charge in [0, 0.05) is 38.5 Å². The summed E-state index contributed by atoms with van der Waals surface area (Å²) in [6, 6.07) is -1.94. The van der Waals surface area contributed by atoms with E-state index in [-0.39, 0.29) is 50.5 Å². The molecular formula is C40H64FmN5O10-. The van der Waals surface area contributed by atoms with E-state index in [1.165, 1.54) is 0 Å². The molecule has 322 valence electrons. The number of amides is 5. The van der Waals surface area contributed by atoms with Gasteiger partial charge in [-0.05, 0) is 110 Å². The van der Waals surface area contributed by atoms with Gasteiger partial charge in [0.1, 0.15) is 18.7 Å². The number of nitrogens with one attached hydrogen (secondary N) is 5. The average Bonchev–Trinajstić information content (AvgIpc) is 3.84. The first-order valence-corrected chi connectivity index (χ1v) is 19.7. The Bertz CT molecular complexity index is 1350. The summed E-state index contributed by atoms with van der Waals surface area (Å²) in [5.41, 5.74) is 0.211. The quantitative estimate of drug-likeness (QED) is 0.0228. The van der Waals surface area contributed by atoms with Crippen molar-refractivity contribution in [2.75, 3.05) is 39.5 Å². The van der Waals surface area contributed by atoms with Crippen molar-refractivity contribution in [1.82, 2.24) is 26.6 Å². The van der Waals surface area contributed by atoms with Crippen molar-refractivity contribution < 1.29 is 48.1 Å². The summed E-state index contributed by atoms with van der Waals surface area (Å²) in [7, 11) is 0. The molecule has 16 heteroatoms. The number of carbonyl (C=O) groups excluding carboxylic acids is 5. The summed E-state index contributed by atoms with van der Waals surface area (Å²) in [5.74, 6) is 5.21. The third kappa shape index (κ3) is 20.4. The Kier molecular flexibility index (Phi) is 23.0. The summed E-state index contributed by atoms with van der Waals surface area (Å²) >= 11 is 0. The van der Waals surface area contributed by atoms with Gasteiger partial charge in [-0.15, -0.1) is 11.8 Å². The smallest absolute Gasteiger partial charge is 0.407 e. The molecule has 0 aromatic heterocycles. The third-order valence-corrected chi connectivity index (χ3v) is 10.2. The molecule has 2 rings (SSSR count). The zero-order valence-corrected chi connectivity index (χ0v) is 36.1. The Hall–Kier alpha value is -5.32. The van der Waals surface area contributed by atoms with Gasteiger partial charge < -0.3 is 50.7 Å². The zero-order valence-electron chi connectivity index (χ0n) is 33.7. The second kappa shape index (κ2) is 26.5. The van der Waals surface area contributed by atoms with Crippen molar-refractivity contribution in [1.29, 1.82) is 0 Å². The number of ether oxygens (including phenoxy) is 3. The van der Waals surface area contributed by atoms with E-state index in [4.69, 9.17) is 14.2 Å². The first-order valence-electron chi connectivity index (χ1n) is 19.7. The molecule has 0 radical (unpaired) electrons. The van der Waals surface area contributed by atoms with E-state index in [0.717, 1.165) is 31.3 Å². The van der Waals surface area contributed by atoms with Crippen LogP contribution in [0.5, 0.6) is 0 Å². The topological polar surface area (TPSA) is 210 Å². The van der Waals surface area contributed by atoms with Gasteiger partial charge >= 0.3 is 18.2 Å². The van der Waals surface area contributed by atoms with E-state index < -0.39 is 47.5 Å². The maximum absolute atomic E-state index is 13.6. The number of hydrogen-bond donors (Lipinski definition) is 6. The molecule has 0 saturated carbocycles. The minimum absolute atomic E-state index is 0. The van der Waals surface area contributed by atoms with Crippen molar-refractivity contribution in [3.8, 4) is 11.8 Å². The fourth-order valence-electron chi connectivity index (χ4n) is 5.85. The Balaban J connectivity index is 0.0000157. The minimum atomic E-state index is -1.01. The molecule has 0 aromatic carbocycles. The Labute approximate surface area is 326 Å². The van der Waals surface area contributed by atoms with Crippen molar-refractivity contribution in [3.63, 3.8) is 0 Å². The molecule has 0 saturated heterocycles. The molecule has 2 aliphatic carbocycles. The second-order valence-electron chi connectivity index (χ2n) is 15.3. The summed E-state index contributed by atoms with van der Waals surface area (Å²) in [5, 5.41) is 22.8. The molecule has 6 unspecified atom stereocenters. The Morgan fingerprint density at radius 3 is 2.14 bits per heavy atom. The van der Waals surface area contributed by atoms with Crippen LogP contribution in [-0.4, -0.2) is 99.1 Å². The van der Waals surface area contributed by atoms with Crippen LogP contribution in [0.15, 0.2) is 11.6 Å². The van der Waals surface area contributed by atoms with Crippen molar-refractivity contribution in [3.05, 3.63) is 11.6 Å². The molecule has 15 nitrogen and oxygen atoms in total. The van der Waals surface area contributed by atoms with Gasteiger partial charge in [0.15, 0.2) is 0 Å². The zero-order chi connectivity index (χ0) is 40.6. The van der Waals surface area contributed by atoms with Crippen LogP contribution in [0.3, 0.4) is 0 Å². The molecule has 2 aliphatic rings. The second-order valence-corrected chi connectivity index (χ2v) is 15.3. The summed E-state index contributed by atoms with van der Waals surface area (Å²) in [4.78, 5) is 74.0. The first kappa shape index (κ1) is 48.7. The maximum Gasteiger partial charge on any atom is 0.407 e. The van der Waals surface area contributed by atoms with E-state index in [2.05, 4.69) is 45.3 Å². The van der Waals surface area contributed by atoms with Crippen molar-refractivity contribution in [2.45, 2.75) is 130 Å². The largest absolute Gasteiger partial charge is 0.530 e. The van der Waals surface area contributed by atoms with Gasteiger partial charge in [-0.2, -0.15) is 6.41 Å². The van der Waals surface area contributed by atoms with Crippen LogP contribution in [0.2, 0.25) is 0 Å². The predicted octanol–water partition coefficient (Wildman–Crippen LogP) is 4.11. The SMILES string of the molecule is CC1=CC1COC(=O)NC(CCCCNC(=O)OCC1CCC#CCCC1C)C(=O)NC(CCCCN[C-]=O)C(=O)NCCC(C)OCCC(C)(C)C(=O)O.[Fm].